The van der Waals surface area contributed by atoms with Crippen molar-refractivity contribution in [1.82, 2.24) is 4.90 Å². The van der Waals surface area contributed by atoms with Crippen LogP contribution in [0.4, 0.5) is 4.79 Å². The van der Waals surface area contributed by atoms with Crippen molar-refractivity contribution in [2.45, 2.75) is 12.8 Å². The molecule has 0 aliphatic carbocycles. The van der Waals surface area contributed by atoms with Gasteiger partial charge in [-0.3, -0.25) is 9.59 Å². The number of carbonyl (C=O) groups excluding carboxylic acids is 2. The van der Waals surface area contributed by atoms with Crippen LogP contribution in [0.1, 0.15) is 12.8 Å². The Morgan fingerprint density at radius 1 is 1.46 bits per heavy atom. The SMILES string of the molecule is O=C(O)CCC(=O)N1CCOC1=O. The highest BCUT2D eigenvalue weighted by Crippen LogP contribution is 2.06. The smallest absolute Gasteiger partial charge is 0.416 e. The lowest BCUT2D eigenvalue weighted by molar-refractivity contribution is -0.140. The molecule has 1 N–H and O–H groups in total. The van der Waals surface area contributed by atoms with E-state index in [0.29, 0.717) is 0 Å². The molecule has 0 radical (unpaired) electrons. The molecular formula is C7H9NO5. The maximum Gasteiger partial charge on any atom is 0.416 e. The van der Waals surface area contributed by atoms with Crippen molar-refractivity contribution in [3.05, 3.63) is 0 Å². The van der Waals surface area contributed by atoms with E-state index < -0.39 is 18.0 Å². The summed E-state index contributed by atoms with van der Waals surface area (Å²) in [7, 11) is 0. The number of ether oxygens (including phenoxy) is 1. The Kier molecular flexibility index (Phi) is 2.84. The lowest BCUT2D eigenvalue weighted by Gasteiger charge is -2.08. The van der Waals surface area contributed by atoms with Crippen molar-refractivity contribution >= 4 is 18.0 Å². The number of carboxylic acid groups (broad SMARTS) is 1. The van der Waals surface area contributed by atoms with Gasteiger partial charge in [0.1, 0.15) is 6.61 Å². The van der Waals surface area contributed by atoms with Crippen molar-refractivity contribution < 1.29 is 24.2 Å². The van der Waals surface area contributed by atoms with Crippen molar-refractivity contribution in [2.24, 2.45) is 0 Å². The molecule has 1 rings (SSSR count). The minimum atomic E-state index is -1.05. The van der Waals surface area contributed by atoms with Crippen LogP contribution >= 0.6 is 0 Å². The summed E-state index contributed by atoms with van der Waals surface area (Å²) in [6.07, 6.45) is -1.11. The van der Waals surface area contributed by atoms with E-state index in [1.165, 1.54) is 0 Å². The van der Waals surface area contributed by atoms with Gasteiger partial charge in [0.25, 0.3) is 0 Å². The van der Waals surface area contributed by atoms with E-state index in [9.17, 15) is 14.4 Å². The van der Waals surface area contributed by atoms with Crippen LogP contribution in [0.2, 0.25) is 0 Å². The number of cyclic esters (lactones) is 1. The first-order valence-corrected chi connectivity index (χ1v) is 3.80. The Labute approximate surface area is 74.1 Å². The predicted octanol–water partition coefficient (Wildman–Crippen LogP) is -0.170. The van der Waals surface area contributed by atoms with Gasteiger partial charge in [0, 0.05) is 6.42 Å². The molecule has 1 heterocycles. The van der Waals surface area contributed by atoms with Crippen molar-refractivity contribution in [3.8, 4) is 0 Å². The number of carboxylic acids is 1. The van der Waals surface area contributed by atoms with E-state index >= 15 is 0 Å². The summed E-state index contributed by atoms with van der Waals surface area (Å²) in [4.78, 5) is 33.0. The van der Waals surface area contributed by atoms with Crippen LogP contribution in [0.15, 0.2) is 0 Å². The van der Waals surface area contributed by atoms with E-state index in [0.717, 1.165) is 4.90 Å². The number of hydrogen-bond donors (Lipinski definition) is 1. The number of hydrogen-bond acceptors (Lipinski definition) is 4. The van der Waals surface area contributed by atoms with E-state index in [4.69, 9.17) is 5.11 Å². The highest BCUT2D eigenvalue weighted by atomic mass is 16.6. The van der Waals surface area contributed by atoms with Gasteiger partial charge in [-0.05, 0) is 0 Å². The first-order valence-electron chi connectivity index (χ1n) is 3.80. The number of rotatable bonds is 3. The van der Waals surface area contributed by atoms with Crippen LogP contribution in [0, 0.1) is 0 Å². The molecule has 1 fully saturated rings. The number of aliphatic carboxylic acids is 1. The van der Waals surface area contributed by atoms with E-state index in [1.807, 2.05) is 0 Å². The third-order valence-electron chi connectivity index (χ3n) is 1.61. The molecule has 1 aliphatic rings. The summed E-state index contributed by atoms with van der Waals surface area (Å²) in [5.74, 6) is -1.55. The van der Waals surface area contributed by atoms with E-state index in [-0.39, 0.29) is 26.0 Å². The Balaban J connectivity index is 2.39. The third-order valence-corrected chi connectivity index (χ3v) is 1.61. The van der Waals surface area contributed by atoms with Gasteiger partial charge in [-0.2, -0.15) is 0 Å². The molecule has 0 bridgehead atoms. The molecule has 6 heteroatoms. The molecule has 72 valence electrons. The highest BCUT2D eigenvalue weighted by molar-refractivity contribution is 5.94. The van der Waals surface area contributed by atoms with Gasteiger partial charge in [0.15, 0.2) is 0 Å². The Morgan fingerprint density at radius 3 is 2.62 bits per heavy atom. The van der Waals surface area contributed by atoms with Crippen LogP contribution in [0.3, 0.4) is 0 Å². The molecular weight excluding hydrogens is 178 g/mol. The maximum absolute atomic E-state index is 11.1. The van der Waals surface area contributed by atoms with Gasteiger partial charge < -0.3 is 9.84 Å². The second-order valence-electron chi connectivity index (χ2n) is 2.55. The lowest BCUT2D eigenvalue weighted by atomic mass is 10.3. The minimum absolute atomic E-state index is 0.162. The minimum Gasteiger partial charge on any atom is -0.481 e. The first-order chi connectivity index (χ1) is 6.11. The molecule has 0 atom stereocenters. The summed E-state index contributed by atoms with van der Waals surface area (Å²) in [6, 6.07) is 0. The molecule has 2 amide bonds. The van der Waals surface area contributed by atoms with Crippen LogP contribution in [0.25, 0.3) is 0 Å². The standard InChI is InChI=1S/C7H9NO5/c9-5(1-2-6(10)11)8-3-4-13-7(8)12/h1-4H2,(H,10,11). The molecule has 1 aliphatic heterocycles. The van der Waals surface area contributed by atoms with Crippen LogP contribution in [-0.2, 0) is 14.3 Å². The number of carbonyl (C=O) groups is 3. The number of nitrogens with zero attached hydrogens (tertiary/aromatic N) is 1. The van der Waals surface area contributed by atoms with Gasteiger partial charge in [-0.1, -0.05) is 0 Å². The van der Waals surface area contributed by atoms with Crippen LogP contribution < -0.4 is 0 Å². The molecule has 0 saturated carbocycles. The Bertz CT molecular complexity index is 249. The molecule has 0 aromatic heterocycles. The van der Waals surface area contributed by atoms with Crippen LogP contribution in [0.5, 0.6) is 0 Å². The molecule has 0 aromatic carbocycles. The van der Waals surface area contributed by atoms with Crippen LogP contribution in [-0.4, -0.2) is 41.1 Å². The normalized spacial score (nSPS) is 15.7. The number of amides is 2. The predicted molar refractivity (Wildman–Crippen MR) is 39.9 cm³/mol. The zero-order chi connectivity index (χ0) is 9.84. The summed E-state index contributed by atoms with van der Waals surface area (Å²) in [5, 5.41) is 8.28. The fraction of sp³-hybridized carbons (Fsp3) is 0.571. The average Bonchev–Trinajstić information content (AvgIpc) is 2.47. The van der Waals surface area contributed by atoms with Gasteiger partial charge in [-0.15, -0.1) is 0 Å². The summed E-state index contributed by atoms with van der Waals surface area (Å²) in [6.45, 7) is 0.412. The topological polar surface area (TPSA) is 83.9 Å². The molecule has 0 aromatic rings. The first kappa shape index (κ1) is 9.50. The fourth-order valence-corrected chi connectivity index (χ4v) is 0.969. The molecule has 0 spiro atoms. The lowest BCUT2D eigenvalue weighted by Crippen LogP contribution is -2.31. The van der Waals surface area contributed by atoms with E-state index in [1.54, 1.807) is 0 Å². The monoisotopic (exact) mass is 187 g/mol. The van der Waals surface area contributed by atoms with Crippen molar-refractivity contribution in [1.29, 1.82) is 0 Å². The van der Waals surface area contributed by atoms with E-state index in [2.05, 4.69) is 4.74 Å². The van der Waals surface area contributed by atoms with Gasteiger partial charge in [0.05, 0.1) is 13.0 Å². The zero-order valence-electron chi connectivity index (χ0n) is 6.86. The van der Waals surface area contributed by atoms with Crippen molar-refractivity contribution in [2.75, 3.05) is 13.2 Å². The molecule has 6 nitrogen and oxygen atoms in total. The average molecular weight is 187 g/mol. The number of imide groups is 1. The molecule has 13 heavy (non-hydrogen) atoms. The Hall–Kier alpha value is -1.59. The summed E-state index contributed by atoms with van der Waals surface area (Å²) >= 11 is 0. The highest BCUT2D eigenvalue weighted by Gasteiger charge is 2.27. The summed E-state index contributed by atoms with van der Waals surface area (Å²) in [5.41, 5.74) is 0. The third kappa shape index (κ3) is 2.43. The fourth-order valence-electron chi connectivity index (χ4n) is 0.969. The molecule has 1 saturated heterocycles. The maximum atomic E-state index is 11.1. The second-order valence-corrected chi connectivity index (χ2v) is 2.55. The summed E-state index contributed by atoms with van der Waals surface area (Å²) < 4.78 is 4.51. The van der Waals surface area contributed by atoms with Gasteiger partial charge in [-0.25, -0.2) is 9.69 Å². The quantitative estimate of drug-likeness (QED) is 0.663. The van der Waals surface area contributed by atoms with Crippen molar-refractivity contribution in [3.63, 3.8) is 0 Å². The molecule has 0 unspecified atom stereocenters. The van der Waals surface area contributed by atoms with Gasteiger partial charge >= 0.3 is 12.1 Å². The Morgan fingerprint density at radius 2 is 2.15 bits per heavy atom. The zero-order valence-corrected chi connectivity index (χ0v) is 6.86. The second kappa shape index (κ2) is 3.88. The largest absolute Gasteiger partial charge is 0.481 e. The van der Waals surface area contributed by atoms with Gasteiger partial charge in [0.2, 0.25) is 5.91 Å².